The Morgan fingerprint density at radius 2 is 1.83 bits per heavy atom. The highest BCUT2D eigenvalue weighted by atomic mass is 32.2. The fraction of sp³-hybridized carbons (Fsp3) is 0.261. The van der Waals surface area contributed by atoms with Gasteiger partial charge in [0.2, 0.25) is 5.91 Å². The number of nitrogens with zero attached hydrogens (tertiary/aromatic N) is 1. The fourth-order valence-electron chi connectivity index (χ4n) is 3.48. The fourth-order valence-corrected chi connectivity index (χ4v) is 4.71. The van der Waals surface area contributed by atoms with Gasteiger partial charge in [-0.15, -0.1) is 0 Å². The number of carbonyl (C=O) groups is 1. The van der Waals surface area contributed by atoms with Crippen LogP contribution >= 0.6 is 11.8 Å². The van der Waals surface area contributed by atoms with Crippen LogP contribution in [0, 0.1) is 6.92 Å². The maximum Gasteiger partial charge on any atom is 0.240 e. The van der Waals surface area contributed by atoms with Crippen LogP contribution in [0.5, 0.6) is 5.75 Å². The Morgan fingerprint density at radius 3 is 2.48 bits per heavy atom. The first-order valence-corrected chi connectivity index (χ1v) is 10.6. The van der Waals surface area contributed by atoms with Gasteiger partial charge in [-0.05, 0) is 60.9 Å². The van der Waals surface area contributed by atoms with Gasteiger partial charge in [-0.25, -0.2) is 0 Å². The van der Waals surface area contributed by atoms with Crippen molar-refractivity contribution in [2.24, 2.45) is 0 Å². The lowest BCUT2D eigenvalue weighted by atomic mass is 10.0. The van der Waals surface area contributed by atoms with E-state index in [0.717, 1.165) is 34.1 Å². The third kappa shape index (κ3) is 3.98. The molecule has 2 N–H and O–H groups in total. The second-order valence-corrected chi connectivity index (χ2v) is 8.27. The molecule has 0 saturated heterocycles. The summed E-state index contributed by atoms with van der Waals surface area (Å²) in [5.74, 6) is 0.782. The van der Waals surface area contributed by atoms with E-state index in [1.165, 1.54) is 5.56 Å². The molecule has 0 aliphatic carbocycles. The van der Waals surface area contributed by atoms with Crippen LogP contribution in [0.15, 0.2) is 65.7 Å². The maximum atomic E-state index is 13.2. The summed E-state index contributed by atoms with van der Waals surface area (Å²) in [6.45, 7) is 4.17. The van der Waals surface area contributed by atoms with Crippen molar-refractivity contribution in [2.75, 3.05) is 17.9 Å². The number of thioether (sulfide) groups is 1. The van der Waals surface area contributed by atoms with Crippen molar-refractivity contribution in [3.05, 3.63) is 77.5 Å². The van der Waals surface area contributed by atoms with Gasteiger partial charge in [0.15, 0.2) is 0 Å². The summed E-state index contributed by atoms with van der Waals surface area (Å²) in [6.07, 6.45) is 0.979. The molecule has 2 aromatic carbocycles. The third-order valence-corrected chi connectivity index (χ3v) is 6.52. The average Bonchev–Trinajstić information content (AvgIpc) is 3.13. The Labute approximate surface area is 175 Å². The van der Waals surface area contributed by atoms with Crippen LogP contribution in [-0.2, 0) is 11.2 Å². The summed E-state index contributed by atoms with van der Waals surface area (Å²) in [7, 11) is 1.65. The van der Waals surface area contributed by atoms with Crippen molar-refractivity contribution in [1.29, 1.82) is 0 Å². The monoisotopic (exact) mass is 407 g/mol. The molecular weight excluding hydrogens is 382 g/mol. The second-order valence-electron chi connectivity index (χ2n) is 7.11. The van der Waals surface area contributed by atoms with Gasteiger partial charge in [0.05, 0.1) is 18.2 Å². The van der Waals surface area contributed by atoms with E-state index in [1.807, 2.05) is 42.5 Å². The number of aryl methyl sites for hydroxylation is 2. The predicted molar refractivity (Wildman–Crippen MR) is 118 cm³/mol. The molecule has 29 heavy (non-hydrogen) atoms. The minimum Gasteiger partial charge on any atom is -0.497 e. The molecule has 2 heterocycles. The summed E-state index contributed by atoms with van der Waals surface area (Å²) < 4.78 is 7.34. The Kier molecular flexibility index (Phi) is 5.53. The number of hydrogen-bond acceptors (Lipinski definition) is 4. The molecule has 3 aromatic rings. The van der Waals surface area contributed by atoms with E-state index in [1.54, 1.807) is 18.9 Å². The Balaban J connectivity index is 1.62. The van der Waals surface area contributed by atoms with Crippen LogP contribution in [0.2, 0.25) is 0 Å². The molecule has 1 aliphatic heterocycles. The van der Waals surface area contributed by atoms with E-state index >= 15 is 0 Å². The summed E-state index contributed by atoms with van der Waals surface area (Å²) in [5, 5.41) is 3.82. The number of anilines is 1. The first-order valence-electron chi connectivity index (χ1n) is 9.74. The number of benzene rings is 2. The van der Waals surface area contributed by atoms with Crippen LogP contribution in [0.3, 0.4) is 0 Å². The molecule has 0 saturated carbocycles. The van der Waals surface area contributed by atoms with Crippen molar-refractivity contribution in [1.82, 2.24) is 4.68 Å². The topological polar surface area (TPSA) is 55.3 Å². The molecule has 4 rings (SSSR count). The SMILES string of the molecule is CCc1ccc(NC(=O)[C@H]2Sc3ccc(C)n3N[C@H]2c2ccc(OC)cc2)cc1. The maximum absolute atomic E-state index is 13.2. The lowest BCUT2D eigenvalue weighted by Gasteiger charge is -2.34. The smallest absolute Gasteiger partial charge is 0.240 e. The lowest BCUT2D eigenvalue weighted by molar-refractivity contribution is -0.116. The molecule has 5 nitrogen and oxygen atoms in total. The lowest BCUT2D eigenvalue weighted by Crippen LogP contribution is -2.41. The number of fused-ring (bicyclic) bond motifs is 1. The van der Waals surface area contributed by atoms with Crippen LogP contribution in [0.25, 0.3) is 0 Å². The average molecular weight is 408 g/mol. The van der Waals surface area contributed by atoms with E-state index in [0.29, 0.717) is 0 Å². The van der Waals surface area contributed by atoms with Gasteiger partial charge in [0.25, 0.3) is 0 Å². The van der Waals surface area contributed by atoms with Crippen LogP contribution in [0.4, 0.5) is 5.69 Å². The summed E-state index contributed by atoms with van der Waals surface area (Å²) >= 11 is 1.58. The highest BCUT2D eigenvalue weighted by Crippen LogP contribution is 2.39. The summed E-state index contributed by atoms with van der Waals surface area (Å²) in [4.78, 5) is 13.2. The Bertz CT molecular complexity index is 996. The van der Waals surface area contributed by atoms with Gasteiger partial charge in [-0.3, -0.25) is 9.47 Å². The zero-order chi connectivity index (χ0) is 20.4. The normalized spacial score (nSPS) is 17.9. The number of ether oxygens (including phenoxy) is 1. The molecule has 1 aliphatic rings. The standard InChI is InChI=1S/C23H25N3O2S/c1-4-16-6-10-18(11-7-16)24-23(27)22-21(17-8-12-19(28-3)13-9-17)25-26-15(2)5-14-20(26)29-22/h5-14,21-22,25H,4H2,1-3H3,(H,24,27)/t21-,22-/m0/s1. The van der Waals surface area contributed by atoms with Crippen molar-refractivity contribution in [3.8, 4) is 5.75 Å². The van der Waals surface area contributed by atoms with Gasteiger partial charge in [0.1, 0.15) is 11.0 Å². The van der Waals surface area contributed by atoms with Crippen LogP contribution < -0.4 is 15.5 Å². The molecule has 0 fully saturated rings. The number of nitrogens with one attached hydrogen (secondary N) is 2. The van der Waals surface area contributed by atoms with Gasteiger partial charge >= 0.3 is 0 Å². The van der Waals surface area contributed by atoms with E-state index in [-0.39, 0.29) is 17.2 Å². The van der Waals surface area contributed by atoms with Gasteiger partial charge in [0, 0.05) is 11.4 Å². The summed E-state index contributed by atoms with van der Waals surface area (Å²) in [5.41, 5.74) is 7.75. The number of carbonyl (C=O) groups excluding carboxylic acids is 1. The molecule has 0 bridgehead atoms. The summed E-state index contributed by atoms with van der Waals surface area (Å²) in [6, 6.07) is 19.9. The molecule has 0 unspecified atom stereocenters. The third-order valence-electron chi connectivity index (χ3n) is 5.22. The number of hydrogen-bond donors (Lipinski definition) is 2. The molecule has 1 amide bonds. The molecule has 6 heteroatoms. The number of methoxy groups -OCH3 is 1. The number of rotatable bonds is 5. The minimum atomic E-state index is -0.309. The zero-order valence-corrected chi connectivity index (χ0v) is 17.6. The largest absolute Gasteiger partial charge is 0.497 e. The van der Waals surface area contributed by atoms with Crippen molar-refractivity contribution < 1.29 is 9.53 Å². The number of aromatic nitrogens is 1. The zero-order valence-electron chi connectivity index (χ0n) is 16.8. The molecule has 150 valence electrons. The Morgan fingerprint density at radius 1 is 1.10 bits per heavy atom. The first-order chi connectivity index (χ1) is 14.1. The first kappa shape index (κ1) is 19.5. The van der Waals surface area contributed by atoms with Gasteiger partial charge in [-0.1, -0.05) is 43.0 Å². The quantitative estimate of drug-likeness (QED) is 0.640. The highest BCUT2D eigenvalue weighted by molar-refractivity contribution is 8.00. The molecule has 0 spiro atoms. The van der Waals surface area contributed by atoms with Crippen LogP contribution in [0.1, 0.15) is 29.8 Å². The highest BCUT2D eigenvalue weighted by Gasteiger charge is 2.36. The Hall–Kier alpha value is -2.86. The molecule has 0 radical (unpaired) electrons. The van der Waals surface area contributed by atoms with Crippen LogP contribution in [-0.4, -0.2) is 22.9 Å². The van der Waals surface area contributed by atoms with E-state index in [9.17, 15) is 4.79 Å². The molecule has 1 aromatic heterocycles. The number of amides is 1. The van der Waals surface area contributed by atoms with E-state index in [2.05, 4.69) is 47.5 Å². The van der Waals surface area contributed by atoms with Crippen molar-refractivity contribution >= 4 is 23.4 Å². The van der Waals surface area contributed by atoms with Gasteiger partial charge in [-0.2, -0.15) is 0 Å². The molecular formula is C23H25N3O2S. The van der Waals surface area contributed by atoms with E-state index in [4.69, 9.17) is 4.74 Å². The minimum absolute atomic E-state index is 0.0160. The van der Waals surface area contributed by atoms with Crippen molar-refractivity contribution in [3.63, 3.8) is 0 Å². The second kappa shape index (κ2) is 8.25. The van der Waals surface area contributed by atoms with Gasteiger partial charge < -0.3 is 15.5 Å². The molecule has 2 atom stereocenters. The predicted octanol–water partition coefficient (Wildman–Crippen LogP) is 4.77. The van der Waals surface area contributed by atoms with E-state index < -0.39 is 0 Å². The van der Waals surface area contributed by atoms with Crippen molar-refractivity contribution in [2.45, 2.75) is 36.6 Å².